The highest BCUT2D eigenvalue weighted by molar-refractivity contribution is 6.48. The van der Waals surface area contributed by atoms with Gasteiger partial charge in [0.1, 0.15) is 0 Å². The number of rotatable bonds is 2. The first-order valence-corrected chi connectivity index (χ1v) is 10.9. The maximum atomic E-state index is 6.00. The van der Waals surface area contributed by atoms with Gasteiger partial charge in [0, 0.05) is 5.02 Å². The topological polar surface area (TPSA) is 0 Å². The molecular formula is C26H20Cl4. The zero-order chi connectivity index (χ0) is 21.7. The molecule has 4 aromatic rings. The van der Waals surface area contributed by atoms with Gasteiger partial charge in [0.15, 0.2) is 0 Å². The van der Waals surface area contributed by atoms with Crippen LogP contribution in [0.4, 0.5) is 0 Å². The lowest BCUT2D eigenvalue weighted by Gasteiger charge is -2.08. The molecule has 4 aromatic carbocycles. The van der Waals surface area contributed by atoms with Gasteiger partial charge in [-0.25, -0.2) is 0 Å². The van der Waals surface area contributed by atoms with Crippen molar-refractivity contribution in [3.05, 3.63) is 116 Å². The van der Waals surface area contributed by atoms with Gasteiger partial charge in [0.2, 0.25) is 0 Å². The number of hydrogen-bond donors (Lipinski definition) is 0. The minimum atomic E-state index is 0.403. The summed E-state index contributed by atoms with van der Waals surface area (Å²) in [6.07, 6.45) is 0. The highest BCUT2D eigenvalue weighted by Crippen LogP contribution is 2.35. The third-order valence-electron chi connectivity index (χ3n) is 4.74. The lowest BCUT2D eigenvalue weighted by molar-refractivity contribution is 1.46. The number of hydrogen-bond acceptors (Lipinski definition) is 0. The van der Waals surface area contributed by atoms with Crippen LogP contribution >= 0.6 is 46.4 Å². The average Bonchev–Trinajstić information content (AvgIpc) is 2.74. The van der Waals surface area contributed by atoms with E-state index >= 15 is 0 Å². The second-order valence-electron chi connectivity index (χ2n) is 6.89. The van der Waals surface area contributed by atoms with Gasteiger partial charge in [0.25, 0.3) is 0 Å². The van der Waals surface area contributed by atoms with Crippen molar-refractivity contribution in [2.24, 2.45) is 0 Å². The normalized spacial score (nSPS) is 10.3. The lowest BCUT2D eigenvalue weighted by Crippen LogP contribution is -1.83. The monoisotopic (exact) mass is 472 g/mol. The van der Waals surface area contributed by atoms with Crippen molar-refractivity contribution in [2.75, 3.05) is 0 Å². The summed E-state index contributed by atoms with van der Waals surface area (Å²) in [4.78, 5) is 0. The van der Waals surface area contributed by atoms with Gasteiger partial charge >= 0.3 is 0 Å². The maximum Gasteiger partial charge on any atom is 0.0778 e. The molecule has 0 nitrogen and oxygen atoms in total. The molecule has 0 heterocycles. The molecule has 0 aromatic heterocycles. The van der Waals surface area contributed by atoms with Crippen LogP contribution in [-0.4, -0.2) is 0 Å². The SMILES string of the molecule is Cc1ccccc1-c1cc(Cl)c(Cl)c(Cl)c1.Cc1ccccc1-c1ccc(Cl)cc1. The Morgan fingerprint density at radius 3 is 1.40 bits per heavy atom. The molecule has 152 valence electrons. The Labute approximate surface area is 198 Å². The lowest BCUT2D eigenvalue weighted by atomic mass is 10.0. The molecule has 0 unspecified atom stereocenters. The van der Waals surface area contributed by atoms with Crippen LogP contribution < -0.4 is 0 Å². The highest BCUT2D eigenvalue weighted by Gasteiger charge is 2.08. The molecular weight excluding hydrogens is 454 g/mol. The van der Waals surface area contributed by atoms with E-state index in [1.165, 1.54) is 22.3 Å². The molecule has 0 amide bonds. The third kappa shape index (κ3) is 5.59. The maximum absolute atomic E-state index is 6.00. The standard InChI is InChI=1S/C13H9Cl3.C13H11Cl/c1-8-4-2-3-5-10(8)9-6-11(14)13(16)12(15)7-9;1-10-4-2-3-5-13(10)11-6-8-12(14)9-7-11/h2-7H,1H3;2-9H,1H3. The quantitative estimate of drug-likeness (QED) is 0.254. The van der Waals surface area contributed by atoms with Gasteiger partial charge in [-0.3, -0.25) is 0 Å². The Hall–Kier alpha value is -1.96. The van der Waals surface area contributed by atoms with Crippen molar-refractivity contribution in [3.63, 3.8) is 0 Å². The summed E-state index contributed by atoms with van der Waals surface area (Å²) < 4.78 is 0. The van der Waals surface area contributed by atoms with E-state index in [4.69, 9.17) is 46.4 Å². The van der Waals surface area contributed by atoms with E-state index in [1.54, 1.807) is 0 Å². The number of halogens is 4. The third-order valence-corrected chi connectivity index (χ3v) is 6.19. The summed E-state index contributed by atoms with van der Waals surface area (Å²) >= 11 is 23.8. The first-order chi connectivity index (χ1) is 14.4. The fourth-order valence-electron chi connectivity index (χ4n) is 3.13. The largest absolute Gasteiger partial charge is 0.0843 e. The molecule has 30 heavy (non-hydrogen) atoms. The predicted octanol–water partition coefficient (Wildman–Crippen LogP) is 9.94. The van der Waals surface area contributed by atoms with Crippen LogP contribution in [0.2, 0.25) is 20.1 Å². The molecule has 0 aliphatic carbocycles. The molecule has 0 radical (unpaired) electrons. The van der Waals surface area contributed by atoms with Gasteiger partial charge in [0.05, 0.1) is 15.1 Å². The highest BCUT2D eigenvalue weighted by atomic mass is 35.5. The zero-order valence-corrected chi connectivity index (χ0v) is 19.6. The second-order valence-corrected chi connectivity index (χ2v) is 8.52. The van der Waals surface area contributed by atoms with Gasteiger partial charge in [-0.05, 0) is 71.5 Å². The molecule has 0 N–H and O–H groups in total. The fraction of sp³-hybridized carbons (Fsp3) is 0.0769. The van der Waals surface area contributed by atoms with Crippen molar-refractivity contribution in [1.82, 2.24) is 0 Å². The van der Waals surface area contributed by atoms with Crippen LogP contribution in [0.15, 0.2) is 84.9 Å². The molecule has 0 saturated carbocycles. The van der Waals surface area contributed by atoms with E-state index in [1.807, 2.05) is 67.6 Å². The Morgan fingerprint density at radius 2 is 0.933 bits per heavy atom. The van der Waals surface area contributed by atoms with Crippen molar-refractivity contribution < 1.29 is 0 Å². The van der Waals surface area contributed by atoms with Crippen LogP contribution in [-0.2, 0) is 0 Å². The Morgan fingerprint density at radius 1 is 0.500 bits per heavy atom. The van der Waals surface area contributed by atoms with E-state index in [-0.39, 0.29) is 0 Å². The Kier molecular flexibility index (Phi) is 7.86. The first-order valence-electron chi connectivity index (χ1n) is 9.39. The molecule has 0 bridgehead atoms. The summed E-state index contributed by atoms with van der Waals surface area (Å²) in [7, 11) is 0. The average molecular weight is 474 g/mol. The Bertz CT molecular complexity index is 1120. The summed E-state index contributed by atoms with van der Waals surface area (Å²) in [6.45, 7) is 4.16. The van der Waals surface area contributed by atoms with Crippen molar-refractivity contribution in [2.45, 2.75) is 13.8 Å². The van der Waals surface area contributed by atoms with Crippen LogP contribution in [0.3, 0.4) is 0 Å². The number of aryl methyl sites for hydroxylation is 2. The first kappa shape index (κ1) is 22.7. The molecule has 4 rings (SSSR count). The molecule has 4 heteroatoms. The van der Waals surface area contributed by atoms with E-state index in [0.717, 1.165) is 16.1 Å². The van der Waals surface area contributed by atoms with Crippen LogP contribution in [0, 0.1) is 13.8 Å². The van der Waals surface area contributed by atoms with E-state index < -0.39 is 0 Å². The predicted molar refractivity (Wildman–Crippen MR) is 133 cm³/mol. The molecule has 0 saturated heterocycles. The molecule has 0 aliphatic rings. The zero-order valence-electron chi connectivity index (χ0n) is 16.6. The van der Waals surface area contributed by atoms with E-state index in [9.17, 15) is 0 Å². The summed E-state index contributed by atoms with van der Waals surface area (Å²) in [5, 5.41) is 2.14. The summed E-state index contributed by atoms with van der Waals surface area (Å²) in [5.74, 6) is 0. The van der Waals surface area contributed by atoms with Crippen LogP contribution in [0.25, 0.3) is 22.3 Å². The fourth-order valence-corrected chi connectivity index (χ4v) is 3.86. The van der Waals surface area contributed by atoms with E-state index in [0.29, 0.717) is 15.1 Å². The van der Waals surface area contributed by atoms with Crippen molar-refractivity contribution in [1.29, 1.82) is 0 Å². The number of benzene rings is 4. The van der Waals surface area contributed by atoms with Gasteiger partial charge in [-0.2, -0.15) is 0 Å². The molecule has 0 fully saturated rings. The minimum absolute atomic E-state index is 0.403. The van der Waals surface area contributed by atoms with Crippen LogP contribution in [0.5, 0.6) is 0 Å². The van der Waals surface area contributed by atoms with Gasteiger partial charge in [-0.15, -0.1) is 0 Å². The van der Waals surface area contributed by atoms with Crippen molar-refractivity contribution in [3.8, 4) is 22.3 Å². The molecule has 0 aliphatic heterocycles. The summed E-state index contributed by atoms with van der Waals surface area (Å²) in [5.41, 5.74) is 7.05. The summed E-state index contributed by atoms with van der Waals surface area (Å²) in [6, 6.07) is 28.0. The molecule has 0 spiro atoms. The van der Waals surface area contributed by atoms with E-state index in [2.05, 4.69) is 31.2 Å². The smallest absolute Gasteiger partial charge is 0.0778 e. The Balaban J connectivity index is 0.000000172. The van der Waals surface area contributed by atoms with Gasteiger partial charge < -0.3 is 0 Å². The van der Waals surface area contributed by atoms with Crippen LogP contribution in [0.1, 0.15) is 11.1 Å². The molecule has 0 atom stereocenters. The minimum Gasteiger partial charge on any atom is -0.0843 e. The second kappa shape index (κ2) is 10.4. The van der Waals surface area contributed by atoms with Gasteiger partial charge in [-0.1, -0.05) is 107 Å². The van der Waals surface area contributed by atoms with Crippen molar-refractivity contribution >= 4 is 46.4 Å².